The summed E-state index contributed by atoms with van der Waals surface area (Å²) in [7, 11) is 0. The van der Waals surface area contributed by atoms with Gasteiger partial charge in [-0.3, -0.25) is 0 Å². The van der Waals surface area contributed by atoms with Crippen molar-refractivity contribution >= 4 is 17.9 Å². The summed E-state index contributed by atoms with van der Waals surface area (Å²) >= 11 is 0. The van der Waals surface area contributed by atoms with Gasteiger partial charge in [-0.1, -0.05) is 56.7 Å². The first kappa shape index (κ1) is 35.0. The van der Waals surface area contributed by atoms with E-state index in [4.69, 9.17) is 23.7 Å². The molecule has 0 N–H and O–H groups in total. The molecule has 0 aliphatic carbocycles. The molecule has 248 valence electrons. The molecule has 1 heterocycles. The molecule has 0 saturated carbocycles. The lowest BCUT2D eigenvalue weighted by Gasteiger charge is -2.10. The molecular formula is C39H44O8. The lowest BCUT2D eigenvalue weighted by Crippen LogP contribution is -2.08. The van der Waals surface area contributed by atoms with Gasteiger partial charge in [0.15, 0.2) is 0 Å². The van der Waals surface area contributed by atoms with Gasteiger partial charge in [-0.2, -0.15) is 0 Å². The number of hydrogen-bond donors (Lipinski definition) is 0. The minimum Gasteiger partial charge on any atom is -0.494 e. The topological polar surface area (TPSA) is 97.4 Å². The summed E-state index contributed by atoms with van der Waals surface area (Å²) in [5.74, 6) is 0.909. The molecule has 4 rings (SSSR count). The number of ether oxygens (including phenoxy) is 5. The molecule has 0 bridgehead atoms. The Morgan fingerprint density at radius 2 is 1.21 bits per heavy atom. The fourth-order valence-corrected chi connectivity index (χ4v) is 5.10. The van der Waals surface area contributed by atoms with E-state index in [1.807, 2.05) is 36.4 Å². The van der Waals surface area contributed by atoms with Gasteiger partial charge in [-0.05, 0) is 98.2 Å². The van der Waals surface area contributed by atoms with Crippen LogP contribution in [-0.4, -0.2) is 43.8 Å². The Hall–Kier alpha value is -4.85. The van der Waals surface area contributed by atoms with Crippen LogP contribution in [0, 0.1) is 0 Å². The van der Waals surface area contributed by atoms with Crippen LogP contribution in [0.25, 0.3) is 11.1 Å². The van der Waals surface area contributed by atoms with Crippen molar-refractivity contribution in [3.8, 4) is 28.4 Å². The molecule has 3 aromatic carbocycles. The summed E-state index contributed by atoms with van der Waals surface area (Å²) < 4.78 is 27.5. The molecule has 3 aromatic rings. The molecule has 8 heteroatoms. The van der Waals surface area contributed by atoms with Crippen molar-refractivity contribution < 1.29 is 38.1 Å². The SMILES string of the molecule is C=CC(=O)OCCCCCCCOc1ccc(-c2ccc(OC(=O)c3ccc(OCCCCCC4CC(=C)C(=O)O4)cc3)cc2)cc1. The van der Waals surface area contributed by atoms with Crippen molar-refractivity contribution in [1.82, 2.24) is 0 Å². The Bertz CT molecular complexity index is 1440. The average molecular weight is 641 g/mol. The van der Waals surface area contributed by atoms with Crippen LogP contribution in [0.1, 0.15) is 74.6 Å². The van der Waals surface area contributed by atoms with E-state index in [2.05, 4.69) is 13.2 Å². The highest BCUT2D eigenvalue weighted by molar-refractivity contribution is 5.91. The van der Waals surface area contributed by atoms with E-state index in [1.165, 1.54) is 6.08 Å². The van der Waals surface area contributed by atoms with Crippen molar-refractivity contribution in [2.45, 2.75) is 70.3 Å². The van der Waals surface area contributed by atoms with E-state index in [9.17, 15) is 14.4 Å². The van der Waals surface area contributed by atoms with Gasteiger partial charge >= 0.3 is 17.9 Å². The minimum absolute atomic E-state index is 0.0344. The molecule has 0 aromatic heterocycles. The summed E-state index contributed by atoms with van der Waals surface area (Å²) in [6, 6.07) is 22.3. The molecule has 1 fully saturated rings. The summed E-state index contributed by atoms with van der Waals surface area (Å²) in [5, 5.41) is 0. The molecular weight excluding hydrogens is 596 g/mol. The summed E-state index contributed by atoms with van der Waals surface area (Å²) in [6.07, 6.45) is 10.4. The van der Waals surface area contributed by atoms with Gasteiger partial charge in [-0.15, -0.1) is 0 Å². The van der Waals surface area contributed by atoms with E-state index in [0.717, 1.165) is 74.7 Å². The van der Waals surface area contributed by atoms with Crippen LogP contribution in [0.2, 0.25) is 0 Å². The van der Waals surface area contributed by atoms with E-state index in [-0.39, 0.29) is 18.0 Å². The Labute approximate surface area is 277 Å². The fourth-order valence-electron chi connectivity index (χ4n) is 5.10. The van der Waals surface area contributed by atoms with Gasteiger partial charge < -0.3 is 23.7 Å². The van der Waals surface area contributed by atoms with Crippen LogP contribution >= 0.6 is 0 Å². The van der Waals surface area contributed by atoms with Crippen molar-refractivity contribution in [3.05, 3.63) is 103 Å². The Morgan fingerprint density at radius 1 is 0.702 bits per heavy atom. The standard InChI is InChI=1S/C39H44O8/c1-3-37(40)45-27-10-6-4-5-9-25-43-33-19-13-30(14-20-33)31-15-23-35(24-16-31)46-39(42)32-17-21-34(22-18-32)44-26-11-7-8-12-36-28-29(2)38(41)47-36/h3,13-24,36H,1-2,4-12,25-28H2. The molecule has 47 heavy (non-hydrogen) atoms. The quantitative estimate of drug-likeness (QED) is 0.0525. The number of benzene rings is 3. The summed E-state index contributed by atoms with van der Waals surface area (Å²) in [6.45, 7) is 8.76. The van der Waals surface area contributed by atoms with E-state index in [0.29, 0.717) is 48.9 Å². The monoisotopic (exact) mass is 640 g/mol. The maximum Gasteiger partial charge on any atom is 0.343 e. The third kappa shape index (κ3) is 12.1. The van der Waals surface area contributed by atoms with Gasteiger partial charge in [0.2, 0.25) is 0 Å². The second-order valence-corrected chi connectivity index (χ2v) is 11.5. The van der Waals surface area contributed by atoms with Gasteiger partial charge in [0.25, 0.3) is 0 Å². The van der Waals surface area contributed by atoms with Crippen LogP contribution in [0.4, 0.5) is 0 Å². The summed E-state index contributed by atoms with van der Waals surface area (Å²) in [5.41, 5.74) is 3.04. The lowest BCUT2D eigenvalue weighted by molar-refractivity contribution is -0.139. The van der Waals surface area contributed by atoms with Crippen LogP contribution in [-0.2, 0) is 19.1 Å². The maximum atomic E-state index is 12.7. The highest BCUT2D eigenvalue weighted by Crippen LogP contribution is 2.26. The first-order valence-electron chi connectivity index (χ1n) is 16.4. The van der Waals surface area contributed by atoms with E-state index < -0.39 is 5.97 Å². The van der Waals surface area contributed by atoms with Gasteiger partial charge in [-0.25, -0.2) is 14.4 Å². The number of rotatable bonds is 20. The number of cyclic esters (lactones) is 1. The van der Waals surface area contributed by atoms with Crippen LogP contribution in [0.3, 0.4) is 0 Å². The van der Waals surface area contributed by atoms with Crippen molar-refractivity contribution in [2.24, 2.45) is 0 Å². The second-order valence-electron chi connectivity index (χ2n) is 11.5. The predicted octanol–water partition coefficient (Wildman–Crippen LogP) is 8.44. The Morgan fingerprint density at radius 3 is 1.77 bits per heavy atom. The predicted molar refractivity (Wildman–Crippen MR) is 181 cm³/mol. The van der Waals surface area contributed by atoms with E-state index >= 15 is 0 Å². The highest BCUT2D eigenvalue weighted by atomic mass is 16.6. The first-order valence-corrected chi connectivity index (χ1v) is 16.4. The number of carbonyl (C=O) groups is 3. The number of hydrogen-bond acceptors (Lipinski definition) is 8. The zero-order valence-electron chi connectivity index (χ0n) is 27.0. The zero-order chi connectivity index (χ0) is 33.3. The lowest BCUT2D eigenvalue weighted by atomic mass is 10.1. The molecule has 1 aliphatic rings. The second kappa shape index (κ2) is 19.0. The van der Waals surface area contributed by atoms with Gasteiger partial charge in [0, 0.05) is 18.1 Å². The first-order chi connectivity index (χ1) is 22.9. The minimum atomic E-state index is -0.435. The Kier molecular flexibility index (Phi) is 14.1. The van der Waals surface area contributed by atoms with E-state index in [1.54, 1.807) is 36.4 Å². The molecule has 0 amide bonds. The molecule has 1 aliphatic heterocycles. The van der Waals surface area contributed by atoms with Crippen LogP contribution in [0.5, 0.6) is 17.2 Å². The number of carbonyl (C=O) groups excluding carboxylic acids is 3. The smallest absolute Gasteiger partial charge is 0.343 e. The number of unbranched alkanes of at least 4 members (excludes halogenated alkanes) is 6. The van der Waals surface area contributed by atoms with Crippen molar-refractivity contribution in [3.63, 3.8) is 0 Å². The summed E-state index contributed by atoms with van der Waals surface area (Å²) in [4.78, 5) is 35.1. The molecule has 1 atom stereocenters. The maximum absolute atomic E-state index is 12.7. The fraction of sp³-hybridized carbons (Fsp3) is 0.359. The number of esters is 3. The highest BCUT2D eigenvalue weighted by Gasteiger charge is 2.26. The molecule has 0 radical (unpaired) electrons. The largest absolute Gasteiger partial charge is 0.494 e. The van der Waals surface area contributed by atoms with Gasteiger partial charge in [0.1, 0.15) is 23.4 Å². The normalized spacial score (nSPS) is 13.9. The van der Waals surface area contributed by atoms with Crippen LogP contribution < -0.4 is 14.2 Å². The zero-order valence-corrected chi connectivity index (χ0v) is 27.0. The third-order valence-electron chi connectivity index (χ3n) is 7.79. The van der Waals surface area contributed by atoms with Crippen LogP contribution in [0.15, 0.2) is 97.6 Å². The van der Waals surface area contributed by atoms with Crippen molar-refractivity contribution in [2.75, 3.05) is 19.8 Å². The molecule has 0 spiro atoms. The molecule has 1 saturated heterocycles. The molecule has 8 nitrogen and oxygen atoms in total. The molecule has 1 unspecified atom stereocenters. The third-order valence-corrected chi connectivity index (χ3v) is 7.79. The van der Waals surface area contributed by atoms with Crippen molar-refractivity contribution in [1.29, 1.82) is 0 Å². The van der Waals surface area contributed by atoms with Gasteiger partial charge in [0.05, 0.1) is 25.4 Å². The average Bonchev–Trinajstić information content (AvgIpc) is 3.42. The Balaban J connectivity index is 1.09.